The summed E-state index contributed by atoms with van der Waals surface area (Å²) >= 11 is 3.66. The van der Waals surface area contributed by atoms with Crippen LogP contribution in [0.3, 0.4) is 0 Å². The molecular weight excluding hydrogens is 222 g/mol. The van der Waals surface area contributed by atoms with Crippen molar-refractivity contribution in [2.24, 2.45) is 0 Å². The zero-order valence-corrected chi connectivity index (χ0v) is 10.5. The minimum atomic E-state index is 1.11. The van der Waals surface area contributed by atoms with Crippen LogP contribution < -0.4 is 0 Å². The number of rotatable bonds is 3. The highest BCUT2D eigenvalue weighted by Crippen LogP contribution is 2.34. The van der Waals surface area contributed by atoms with E-state index in [1.807, 2.05) is 17.8 Å². The zero-order valence-electron chi connectivity index (χ0n) is 8.86. The summed E-state index contributed by atoms with van der Waals surface area (Å²) < 4.78 is 1.34. The van der Waals surface area contributed by atoms with Crippen molar-refractivity contribution in [1.82, 2.24) is 4.98 Å². The largest absolute Gasteiger partial charge is 0.240 e. The lowest BCUT2D eigenvalue weighted by Gasteiger charge is -1.93. The highest BCUT2D eigenvalue weighted by molar-refractivity contribution is 8.01. The molecule has 1 aromatic heterocycles. The standard InChI is InChI=1S/C12H13NS2/c1-3-14-12-9(2)13-11(15-12)10-7-5-4-6-8-10/h4-8H,3H2,1-2H3. The van der Waals surface area contributed by atoms with Crippen LogP contribution >= 0.6 is 23.1 Å². The Morgan fingerprint density at radius 1 is 1.27 bits per heavy atom. The Bertz CT molecular complexity index is 434. The number of thioether (sulfide) groups is 1. The number of nitrogens with zero attached hydrogens (tertiary/aromatic N) is 1. The average molecular weight is 235 g/mol. The molecule has 0 N–H and O–H groups in total. The molecule has 0 amide bonds. The molecule has 0 saturated heterocycles. The highest BCUT2D eigenvalue weighted by Gasteiger charge is 2.08. The molecule has 78 valence electrons. The van der Waals surface area contributed by atoms with Crippen molar-refractivity contribution in [2.75, 3.05) is 5.75 Å². The van der Waals surface area contributed by atoms with E-state index in [-0.39, 0.29) is 0 Å². The molecule has 1 nitrogen and oxygen atoms in total. The zero-order chi connectivity index (χ0) is 10.7. The van der Waals surface area contributed by atoms with Crippen molar-refractivity contribution >= 4 is 23.1 Å². The molecule has 15 heavy (non-hydrogen) atoms. The number of aromatic nitrogens is 1. The van der Waals surface area contributed by atoms with E-state index in [0.29, 0.717) is 0 Å². The molecule has 2 aromatic rings. The van der Waals surface area contributed by atoms with Gasteiger partial charge >= 0.3 is 0 Å². The molecule has 0 aliphatic carbocycles. The Labute approximate surface area is 98.6 Å². The van der Waals surface area contributed by atoms with Gasteiger partial charge in [0.2, 0.25) is 0 Å². The van der Waals surface area contributed by atoms with Crippen LogP contribution in [0.4, 0.5) is 0 Å². The van der Waals surface area contributed by atoms with E-state index < -0.39 is 0 Å². The van der Waals surface area contributed by atoms with E-state index in [9.17, 15) is 0 Å². The van der Waals surface area contributed by atoms with Gasteiger partial charge in [0.25, 0.3) is 0 Å². The Kier molecular flexibility index (Phi) is 3.44. The summed E-state index contributed by atoms with van der Waals surface area (Å²) in [5, 5.41) is 1.13. The summed E-state index contributed by atoms with van der Waals surface area (Å²) in [6.07, 6.45) is 0. The van der Waals surface area contributed by atoms with E-state index in [1.165, 1.54) is 9.77 Å². The summed E-state index contributed by atoms with van der Waals surface area (Å²) in [6, 6.07) is 10.4. The van der Waals surface area contributed by atoms with Crippen LogP contribution in [0.2, 0.25) is 0 Å². The molecule has 0 fully saturated rings. The number of aryl methyl sites for hydroxylation is 1. The van der Waals surface area contributed by atoms with E-state index in [2.05, 4.69) is 43.1 Å². The van der Waals surface area contributed by atoms with Crippen molar-refractivity contribution in [3.8, 4) is 10.6 Å². The second-order valence-electron chi connectivity index (χ2n) is 3.19. The maximum atomic E-state index is 4.60. The monoisotopic (exact) mass is 235 g/mol. The third-order valence-electron chi connectivity index (χ3n) is 2.05. The van der Waals surface area contributed by atoms with Crippen LogP contribution in [0, 0.1) is 6.92 Å². The van der Waals surface area contributed by atoms with Gasteiger partial charge in [0.05, 0.1) is 9.90 Å². The lowest BCUT2D eigenvalue weighted by Crippen LogP contribution is -1.76. The van der Waals surface area contributed by atoms with E-state index in [4.69, 9.17) is 0 Å². The fourth-order valence-corrected chi connectivity index (χ4v) is 3.50. The van der Waals surface area contributed by atoms with Gasteiger partial charge in [-0.15, -0.1) is 23.1 Å². The van der Waals surface area contributed by atoms with Gasteiger partial charge in [0.15, 0.2) is 0 Å². The molecule has 0 aliphatic heterocycles. The highest BCUT2D eigenvalue weighted by atomic mass is 32.2. The minimum absolute atomic E-state index is 1.11. The normalized spacial score (nSPS) is 10.5. The number of benzene rings is 1. The van der Waals surface area contributed by atoms with Gasteiger partial charge in [-0.2, -0.15) is 0 Å². The third kappa shape index (κ3) is 2.41. The summed E-state index contributed by atoms with van der Waals surface area (Å²) in [6.45, 7) is 4.26. The van der Waals surface area contributed by atoms with Gasteiger partial charge in [-0.3, -0.25) is 0 Å². The predicted molar refractivity (Wildman–Crippen MR) is 68.7 cm³/mol. The Hall–Kier alpha value is -0.800. The van der Waals surface area contributed by atoms with Gasteiger partial charge in [-0.05, 0) is 12.7 Å². The Balaban J connectivity index is 2.34. The molecule has 0 unspecified atom stereocenters. The molecule has 2 rings (SSSR count). The van der Waals surface area contributed by atoms with Gasteiger partial charge in [-0.1, -0.05) is 37.3 Å². The quantitative estimate of drug-likeness (QED) is 0.738. The first-order valence-electron chi connectivity index (χ1n) is 4.97. The molecule has 0 saturated carbocycles. The van der Waals surface area contributed by atoms with Crippen LogP contribution in [-0.4, -0.2) is 10.7 Å². The molecule has 0 aliphatic rings. The van der Waals surface area contributed by atoms with Crippen molar-refractivity contribution < 1.29 is 0 Å². The van der Waals surface area contributed by atoms with Gasteiger partial charge in [0.1, 0.15) is 5.01 Å². The van der Waals surface area contributed by atoms with E-state index in [0.717, 1.165) is 16.5 Å². The first kappa shape index (κ1) is 10.7. The number of thiazole rings is 1. The topological polar surface area (TPSA) is 12.9 Å². The molecule has 3 heteroatoms. The summed E-state index contributed by atoms with van der Waals surface area (Å²) in [5.74, 6) is 1.11. The van der Waals surface area contributed by atoms with Crippen LogP contribution in [0.25, 0.3) is 10.6 Å². The van der Waals surface area contributed by atoms with Crippen molar-refractivity contribution in [3.05, 3.63) is 36.0 Å². The van der Waals surface area contributed by atoms with Crippen LogP contribution in [0.1, 0.15) is 12.6 Å². The van der Waals surface area contributed by atoms with Crippen LogP contribution in [0.15, 0.2) is 34.5 Å². The van der Waals surface area contributed by atoms with E-state index in [1.54, 1.807) is 11.3 Å². The molecule has 0 bridgehead atoms. The number of hydrogen-bond donors (Lipinski definition) is 0. The van der Waals surface area contributed by atoms with Gasteiger partial charge in [-0.25, -0.2) is 4.98 Å². The summed E-state index contributed by atoms with van der Waals surface area (Å²) in [7, 11) is 0. The smallest absolute Gasteiger partial charge is 0.124 e. The first-order chi connectivity index (χ1) is 7.31. The number of hydrogen-bond acceptors (Lipinski definition) is 3. The van der Waals surface area contributed by atoms with E-state index >= 15 is 0 Å². The lowest BCUT2D eigenvalue weighted by molar-refractivity contribution is 1.21. The molecule has 1 heterocycles. The van der Waals surface area contributed by atoms with Crippen molar-refractivity contribution in [2.45, 2.75) is 18.1 Å². The van der Waals surface area contributed by atoms with Crippen LogP contribution in [-0.2, 0) is 0 Å². The maximum absolute atomic E-state index is 4.60. The fourth-order valence-electron chi connectivity index (χ4n) is 1.35. The van der Waals surface area contributed by atoms with Gasteiger partial charge < -0.3 is 0 Å². The Morgan fingerprint density at radius 2 is 2.00 bits per heavy atom. The average Bonchev–Trinajstić information content (AvgIpc) is 2.63. The molecule has 0 atom stereocenters. The first-order valence-corrected chi connectivity index (χ1v) is 6.77. The molecule has 0 radical (unpaired) electrons. The SMILES string of the molecule is CCSc1sc(-c2ccccc2)nc1C. The van der Waals surface area contributed by atoms with Crippen molar-refractivity contribution in [3.63, 3.8) is 0 Å². The second-order valence-corrected chi connectivity index (χ2v) is 5.72. The lowest BCUT2D eigenvalue weighted by atomic mass is 10.2. The van der Waals surface area contributed by atoms with Crippen molar-refractivity contribution in [1.29, 1.82) is 0 Å². The minimum Gasteiger partial charge on any atom is -0.240 e. The predicted octanol–water partition coefficient (Wildman–Crippen LogP) is 4.23. The third-order valence-corrected chi connectivity index (χ3v) is 4.50. The maximum Gasteiger partial charge on any atom is 0.124 e. The Morgan fingerprint density at radius 3 is 2.67 bits per heavy atom. The second kappa shape index (κ2) is 4.81. The summed E-state index contributed by atoms with van der Waals surface area (Å²) in [4.78, 5) is 4.60. The molecule has 0 spiro atoms. The van der Waals surface area contributed by atoms with Gasteiger partial charge in [0, 0.05) is 5.56 Å². The summed E-state index contributed by atoms with van der Waals surface area (Å²) in [5.41, 5.74) is 2.37. The van der Waals surface area contributed by atoms with Crippen LogP contribution in [0.5, 0.6) is 0 Å². The molecule has 1 aromatic carbocycles. The fraction of sp³-hybridized carbons (Fsp3) is 0.250. The molecular formula is C12H13NS2.